The highest BCUT2D eigenvalue weighted by Crippen LogP contribution is 2.19. The Balaban J connectivity index is 1.95. The zero-order valence-electron chi connectivity index (χ0n) is 11.2. The van der Waals surface area contributed by atoms with E-state index in [0.717, 1.165) is 0 Å². The molecule has 0 bridgehead atoms. The number of piperazine rings is 1. The van der Waals surface area contributed by atoms with Crippen LogP contribution >= 0.6 is 0 Å². The molecule has 112 valence electrons. The lowest BCUT2D eigenvalue weighted by Crippen LogP contribution is -2.49. The quantitative estimate of drug-likeness (QED) is 0.898. The smallest absolute Gasteiger partial charge is 0.392 e. The maximum absolute atomic E-state index is 12.3. The van der Waals surface area contributed by atoms with Crippen LogP contribution in [0.1, 0.15) is 11.3 Å². The summed E-state index contributed by atoms with van der Waals surface area (Å²) in [6, 6.07) is 0. The van der Waals surface area contributed by atoms with E-state index in [2.05, 4.69) is 9.97 Å². The first-order chi connectivity index (χ1) is 9.39. The topological polar surface area (TPSA) is 52.5 Å². The summed E-state index contributed by atoms with van der Waals surface area (Å²) in [7, 11) is 0. The number of hydrogen-bond acceptors (Lipinski definition) is 5. The Morgan fingerprint density at radius 2 is 1.90 bits per heavy atom. The number of anilines is 1. The van der Waals surface area contributed by atoms with Gasteiger partial charge in [-0.3, -0.25) is 4.90 Å². The predicted octanol–water partition coefficient (Wildman–Crippen LogP) is 0.962. The SMILES string of the molecule is Cc1nc(N2CCN(CC(F)(F)F)CC2)ncc1CO. The predicted molar refractivity (Wildman–Crippen MR) is 67.4 cm³/mol. The molecule has 1 aliphatic heterocycles. The molecule has 0 unspecified atom stereocenters. The summed E-state index contributed by atoms with van der Waals surface area (Å²) in [6.07, 6.45) is -2.60. The molecule has 1 fully saturated rings. The average Bonchev–Trinajstić information content (AvgIpc) is 2.37. The van der Waals surface area contributed by atoms with Gasteiger partial charge in [0.25, 0.3) is 0 Å². The molecule has 1 saturated heterocycles. The van der Waals surface area contributed by atoms with Crippen LogP contribution in [-0.4, -0.2) is 58.9 Å². The molecule has 5 nitrogen and oxygen atoms in total. The lowest BCUT2D eigenvalue weighted by molar-refractivity contribution is -0.146. The average molecular weight is 290 g/mol. The number of aliphatic hydroxyl groups excluding tert-OH is 1. The van der Waals surface area contributed by atoms with Crippen molar-refractivity contribution >= 4 is 5.95 Å². The van der Waals surface area contributed by atoms with E-state index < -0.39 is 12.7 Å². The molecule has 0 aromatic carbocycles. The van der Waals surface area contributed by atoms with E-state index in [0.29, 0.717) is 43.4 Å². The van der Waals surface area contributed by atoms with E-state index in [1.165, 1.54) is 4.90 Å². The molecule has 1 aromatic heterocycles. The molecule has 0 saturated carbocycles. The third-order valence-corrected chi connectivity index (χ3v) is 3.30. The van der Waals surface area contributed by atoms with Gasteiger partial charge in [-0.15, -0.1) is 0 Å². The third-order valence-electron chi connectivity index (χ3n) is 3.30. The van der Waals surface area contributed by atoms with Crippen molar-refractivity contribution in [2.45, 2.75) is 19.7 Å². The first-order valence-electron chi connectivity index (χ1n) is 6.36. The van der Waals surface area contributed by atoms with E-state index >= 15 is 0 Å². The number of alkyl halides is 3. The molecule has 0 spiro atoms. The van der Waals surface area contributed by atoms with Crippen LogP contribution in [0.25, 0.3) is 0 Å². The Morgan fingerprint density at radius 1 is 1.25 bits per heavy atom. The van der Waals surface area contributed by atoms with Crippen molar-refractivity contribution in [2.75, 3.05) is 37.6 Å². The van der Waals surface area contributed by atoms with Gasteiger partial charge >= 0.3 is 6.18 Å². The largest absolute Gasteiger partial charge is 0.401 e. The minimum atomic E-state index is -4.15. The Morgan fingerprint density at radius 3 is 2.40 bits per heavy atom. The number of rotatable bonds is 3. The van der Waals surface area contributed by atoms with Crippen LogP contribution in [-0.2, 0) is 6.61 Å². The van der Waals surface area contributed by atoms with Gasteiger partial charge in [0.1, 0.15) is 0 Å². The number of aryl methyl sites for hydroxylation is 1. The molecule has 20 heavy (non-hydrogen) atoms. The highest BCUT2D eigenvalue weighted by molar-refractivity contribution is 5.33. The van der Waals surface area contributed by atoms with Gasteiger partial charge in [0.2, 0.25) is 5.95 Å². The second-order valence-corrected chi connectivity index (χ2v) is 4.82. The molecule has 2 rings (SSSR count). The van der Waals surface area contributed by atoms with Crippen molar-refractivity contribution in [3.8, 4) is 0 Å². The Kier molecular flexibility index (Phi) is 4.44. The van der Waals surface area contributed by atoms with Gasteiger partial charge in [-0.2, -0.15) is 13.2 Å². The summed E-state index contributed by atoms with van der Waals surface area (Å²) in [5.41, 5.74) is 1.35. The second kappa shape index (κ2) is 5.92. The van der Waals surface area contributed by atoms with Crippen LogP contribution in [0.3, 0.4) is 0 Å². The normalized spacial score (nSPS) is 17.6. The van der Waals surface area contributed by atoms with Gasteiger partial charge in [0, 0.05) is 43.6 Å². The lowest BCUT2D eigenvalue weighted by atomic mass is 10.2. The molecule has 0 radical (unpaired) electrons. The summed E-state index contributed by atoms with van der Waals surface area (Å²) < 4.78 is 36.9. The van der Waals surface area contributed by atoms with Gasteiger partial charge in [0.05, 0.1) is 13.2 Å². The van der Waals surface area contributed by atoms with Crippen molar-refractivity contribution in [2.24, 2.45) is 0 Å². The van der Waals surface area contributed by atoms with Crippen molar-refractivity contribution in [1.29, 1.82) is 0 Å². The minimum absolute atomic E-state index is 0.120. The molecular weight excluding hydrogens is 273 g/mol. The van der Waals surface area contributed by atoms with Crippen LogP contribution < -0.4 is 4.90 Å². The lowest BCUT2D eigenvalue weighted by Gasteiger charge is -2.35. The zero-order valence-corrected chi connectivity index (χ0v) is 11.2. The number of halogens is 3. The van der Waals surface area contributed by atoms with E-state index in [9.17, 15) is 13.2 Å². The monoisotopic (exact) mass is 290 g/mol. The molecule has 1 N–H and O–H groups in total. The molecule has 0 amide bonds. The van der Waals surface area contributed by atoms with E-state index in [1.54, 1.807) is 13.1 Å². The molecule has 1 aliphatic rings. The number of aliphatic hydroxyl groups is 1. The third kappa shape index (κ3) is 3.80. The van der Waals surface area contributed by atoms with Crippen molar-refractivity contribution in [3.05, 3.63) is 17.5 Å². The highest BCUT2D eigenvalue weighted by Gasteiger charge is 2.32. The fraction of sp³-hybridized carbons (Fsp3) is 0.667. The van der Waals surface area contributed by atoms with Crippen LogP contribution in [0.5, 0.6) is 0 Å². The van der Waals surface area contributed by atoms with Crippen molar-refractivity contribution in [3.63, 3.8) is 0 Å². The van der Waals surface area contributed by atoms with Crippen LogP contribution in [0, 0.1) is 6.92 Å². The van der Waals surface area contributed by atoms with Crippen molar-refractivity contribution in [1.82, 2.24) is 14.9 Å². The van der Waals surface area contributed by atoms with E-state index in [4.69, 9.17) is 5.11 Å². The maximum Gasteiger partial charge on any atom is 0.401 e. The first kappa shape index (κ1) is 15.0. The van der Waals surface area contributed by atoms with Gasteiger partial charge in [-0.25, -0.2) is 9.97 Å². The summed E-state index contributed by atoms with van der Waals surface area (Å²) in [5.74, 6) is 0.506. The fourth-order valence-electron chi connectivity index (χ4n) is 2.15. The van der Waals surface area contributed by atoms with E-state index in [1.807, 2.05) is 4.90 Å². The number of nitrogens with zero attached hydrogens (tertiary/aromatic N) is 4. The summed E-state index contributed by atoms with van der Waals surface area (Å²) >= 11 is 0. The van der Waals surface area contributed by atoms with Gasteiger partial charge < -0.3 is 10.0 Å². The number of aromatic nitrogens is 2. The fourth-order valence-corrected chi connectivity index (χ4v) is 2.15. The summed E-state index contributed by atoms with van der Waals surface area (Å²) in [4.78, 5) is 11.7. The van der Waals surface area contributed by atoms with Crippen LogP contribution in [0.15, 0.2) is 6.20 Å². The van der Waals surface area contributed by atoms with Gasteiger partial charge in [-0.05, 0) is 6.92 Å². The number of hydrogen-bond donors (Lipinski definition) is 1. The Labute approximate surface area is 115 Å². The Hall–Kier alpha value is -1.41. The van der Waals surface area contributed by atoms with Crippen LogP contribution in [0.2, 0.25) is 0 Å². The molecular formula is C12H17F3N4O. The Bertz CT molecular complexity index is 459. The maximum atomic E-state index is 12.3. The standard InChI is InChI=1S/C12H17F3N4O/c1-9-10(7-20)6-16-11(17-9)19-4-2-18(3-5-19)8-12(13,14)15/h6,20H,2-5,7-8H2,1H3. The molecule has 1 aromatic rings. The molecule has 8 heteroatoms. The molecule has 0 atom stereocenters. The second-order valence-electron chi connectivity index (χ2n) is 4.82. The zero-order chi connectivity index (χ0) is 14.8. The molecule has 0 aliphatic carbocycles. The highest BCUT2D eigenvalue weighted by atomic mass is 19.4. The van der Waals surface area contributed by atoms with E-state index in [-0.39, 0.29) is 6.61 Å². The first-order valence-corrected chi connectivity index (χ1v) is 6.36. The molecule has 2 heterocycles. The minimum Gasteiger partial charge on any atom is -0.392 e. The van der Waals surface area contributed by atoms with Crippen molar-refractivity contribution < 1.29 is 18.3 Å². The van der Waals surface area contributed by atoms with Gasteiger partial charge in [0.15, 0.2) is 0 Å². The summed E-state index contributed by atoms with van der Waals surface area (Å²) in [5, 5.41) is 9.06. The van der Waals surface area contributed by atoms with Crippen LogP contribution in [0.4, 0.5) is 19.1 Å². The van der Waals surface area contributed by atoms with Gasteiger partial charge in [-0.1, -0.05) is 0 Å². The summed E-state index contributed by atoms with van der Waals surface area (Å²) in [6.45, 7) is 2.39.